The molecule has 0 saturated carbocycles. The van der Waals surface area contributed by atoms with E-state index in [4.69, 9.17) is 18.9 Å². The number of carbonyl (C=O) groups excluding carboxylic acids is 2. The third-order valence-corrected chi connectivity index (χ3v) is 4.52. The Bertz CT molecular complexity index is 1120. The van der Waals surface area contributed by atoms with E-state index in [1.807, 2.05) is 6.92 Å². The first kappa shape index (κ1) is 23.3. The van der Waals surface area contributed by atoms with Gasteiger partial charge in [0, 0.05) is 5.56 Å². The normalized spacial score (nSPS) is 10.5. The minimum Gasteiger partial charge on any atom is -0.494 e. The number of benzene rings is 3. The molecule has 1 N–H and O–H groups in total. The van der Waals surface area contributed by atoms with E-state index in [0.717, 1.165) is 0 Å². The van der Waals surface area contributed by atoms with Crippen LogP contribution in [0.25, 0.3) is 0 Å². The molecule has 0 radical (unpaired) electrons. The zero-order valence-corrected chi connectivity index (χ0v) is 18.5. The quantitative estimate of drug-likeness (QED) is 0.229. The molecule has 0 aromatic heterocycles. The summed E-state index contributed by atoms with van der Waals surface area (Å²) in [6, 6.07) is 18.3. The van der Waals surface area contributed by atoms with Crippen LogP contribution in [0.3, 0.4) is 0 Å². The van der Waals surface area contributed by atoms with Crippen molar-refractivity contribution in [2.24, 2.45) is 5.10 Å². The molecule has 33 heavy (non-hydrogen) atoms. The van der Waals surface area contributed by atoms with E-state index in [1.54, 1.807) is 66.7 Å². The van der Waals surface area contributed by atoms with Crippen LogP contribution < -0.4 is 24.4 Å². The Balaban J connectivity index is 1.56. The van der Waals surface area contributed by atoms with Crippen LogP contribution in [0.15, 0.2) is 71.8 Å². The summed E-state index contributed by atoms with van der Waals surface area (Å²) < 4.78 is 21.1. The summed E-state index contributed by atoms with van der Waals surface area (Å²) in [4.78, 5) is 24.6. The average Bonchev–Trinajstić information content (AvgIpc) is 2.85. The number of carbonyl (C=O) groups is 2. The molecule has 0 spiro atoms. The van der Waals surface area contributed by atoms with Gasteiger partial charge in [-0.25, -0.2) is 10.2 Å². The molecule has 8 nitrogen and oxygen atoms in total. The fourth-order valence-corrected chi connectivity index (χ4v) is 2.85. The molecule has 3 aromatic carbocycles. The molecule has 0 saturated heterocycles. The maximum absolute atomic E-state index is 12.4. The Morgan fingerprint density at radius 2 is 1.48 bits per heavy atom. The lowest BCUT2D eigenvalue weighted by molar-refractivity contribution is 0.0734. The molecule has 8 heteroatoms. The molecular formula is C25H24N2O6. The SMILES string of the molecule is CCOc1ccc(C(=O)NN=Cc2ccc(OC(=O)c3ccc(OC)c(OC)c3)cc2)cc1. The predicted molar refractivity (Wildman–Crippen MR) is 124 cm³/mol. The van der Waals surface area contributed by atoms with Crippen molar-refractivity contribution in [1.82, 2.24) is 5.43 Å². The van der Waals surface area contributed by atoms with Gasteiger partial charge in [0.25, 0.3) is 5.91 Å². The van der Waals surface area contributed by atoms with Gasteiger partial charge in [-0.05, 0) is 79.2 Å². The fourth-order valence-electron chi connectivity index (χ4n) is 2.85. The number of methoxy groups -OCH3 is 2. The Hall–Kier alpha value is -4.33. The second-order valence-corrected chi connectivity index (χ2v) is 6.68. The highest BCUT2D eigenvalue weighted by molar-refractivity contribution is 5.95. The summed E-state index contributed by atoms with van der Waals surface area (Å²) in [7, 11) is 3.01. The molecule has 0 fully saturated rings. The lowest BCUT2D eigenvalue weighted by Crippen LogP contribution is -2.17. The number of hydrazone groups is 1. The summed E-state index contributed by atoms with van der Waals surface area (Å²) in [6.07, 6.45) is 1.49. The van der Waals surface area contributed by atoms with Crippen molar-refractivity contribution >= 4 is 18.1 Å². The first-order chi connectivity index (χ1) is 16.0. The maximum atomic E-state index is 12.4. The summed E-state index contributed by atoms with van der Waals surface area (Å²) in [6.45, 7) is 2.45. The van der Waals surface area contributed by atoms with E-state index in [9.17, 15) is 9.59 Å². The standard InChI is InChI=1S/C25H24N2O6/c1-4-32-20-12-7-18(8-13-20)24(28)27-26-16-17-5-10-21(11-6-17)33-25(29)19-9-14-22(30-2)23(15-19)31-3/h5-16H,4H2,1-3H3,(H,27,28). The maximum Gasteiger partial charge on any atom is 0.343 e. The number of rotatable bonds is 9. The summed E-state index contributed by atoms with van der Waals surface area (Å²) in [5.74, 6) is 1.16. The molecule has 1 amide bonds. The number of esters is 1. The van der Waals surface area contributed by atoms with Crippen molar-refractivity contribution in [3.05, 3.63) is 83.4 Å². The first-order valence-corrected chi connectivity index (χ1v) is 10.1. The third kappa shape index (κ3) is 6.33. The second-order valence-electron chi connectivity index (χ2n) is 6.68. The zero-order valence-electron chi connectivity index (χ0n) is 18.5. The fraction of sp³-hybridized carbons (Fsp3) is 0.160. The van der Waals surface area contributed by atoms with E-state index < -0.39 is 5.97 Å². The van der Waals surface area contributed by atoms with Crippen LogP contribution in [-0.4, -0.2) is 38.9 Å². The van der Waals surface area contributed by atoms with Gasteiger partial charge in [0.15, 0.2) is 11.5 Å². The Morgan fingerprint density at radius 3 is 2.12 bits per heavy atom. The number of hydrogen-bond acceptors (Lipinski definition) is 7. The molecule has 0 aliphatic rings. The van der Waals surface area contributed by atoms with Crippen LogP contribution in [0.1, 0.15) is 33.2 Å². The van der Waals surface area contributed by atoms with Crippen LogP contribution in [0.2, 0.25) is 0 Å². The van der Waals surface area contributed by atoms with Crippen LogP contribution in [0, 0.1) is 0 Å². The largest absolute Gasteiger partial charge is 0.494 e. The summed E-state index contributed by atoms with van der Waals surface area (Å²) in [5, 5.41) is 3.96. The van der Waals surface area contributed by atoms with Crippen LogP contribution in [-0.2, 0) is 0 Å². The van der Waals surface area contributed by atoms with Crippen molar-refractivity contribution in [2.45, 2.75) is 6.92 Å². The second kappa shape index (κ2) is 11.3. The number of nitrogens with zero attached hydrogens (tertiary/aromatic N) is 1. The van der Waals surface area contributed by atoms with Gasteiger partial charge < -0.3 is 18.9 Å². The number of nitrogens with one attached hydrogen (secondary N) is 1. The van der Waals surface area contributed by atoms with Gasteiger partial charge in [-0.1, -0.05) is 0 Å². The van der Waals surface area contributed by atoms with Crippen LogP contribution >= 0.6 is 0 Å². The van der Waals surface area contributed by atoms with E-state index in [1.165, 1.54) is 20.4 Å². The van der Waals surface area contributed by atoms with E-state index in [-0.39, 0.29) is 5.91 Å². The molecule has 0 heterocycles. The van der Waals surface area contributed by atoms with E-state index in [2.05, 4.69) is 10.5 Å². The van der Waals surface area contributed by atoms with Crippen molar-refractivity contribution in [3.63, 3.8) is 0 Å². The number of amides is 1. The predicted octanol–water partition coefficient (Wildman–Crippen LogP) is 4.09. The highest BCUT2D eigenvalue weighted by atomic mass is 16.5. The molecule has 3 aromatic rings. The van der Waals surface area contributed by atoms with Gasteiger partial charge in [-0.15, -0.1) is 0 Å². The lowest BCUT2D eigenvalue weighted by atomic mass is 10.2. The topological polar surface area (TPSA) is 95.5 Å². The van der Waals surface area contributed by atoms with Gasteiger partial charge in [0.05, 0.1) is 32.6 Å². The molecule has 0 bridgehead atoms. The molecule has 3 rings (SSSR count). The van der Waals surface area contributed by atoms with E-state index in [0.29, 0.717) is 46.3 Å². The van der Waals surface area contributed by atoms with Crippen molar-refractivity contribution < 1.29 is 28.5 Å². The Morgan fingerprint density at radius 1 is 0.848 bits per heavy atom. The molecule has 0 unspecified atom stereocenters. The smallest absolute Gasteiger partial charge is 0.343 e. The molecule has 170 valence electrons. The van der Waals surface area contributed by atoms with Crippen molar-refractivity contribution in [3.8, 4) is 23.0 Å². The van der Waals surface area contributed by atoms with Gasteiger partial charge in [-0.2, -0.15) is 5.10 Å². The first-order valence-electron chi connectivity index (χ1n) is 10.1. The molecule has 0 aliphatic heterocycles. The molecule has 0 aliphatic carbocycles. The Kier molecular flexibility index (Phi) is 8.02. The molecule has 0 atom stereocenters. The van der Waals surface area contributed by atoms with Crippen molar-refractivity contribution in [2.75, 3.05) is 20.8 Å². The highest BCUT2D eigenvalue weighted by Crippen LogP contribution is 2.28. The summed E-state index contributed by atoms with van der Waals surface area (Å²) >= 11 is 0. The highest BCUT2D eigenvalue weighted by Gasteiger charge is 2.13. The van der Waals surface area contributed by atoms with Crippen LogP contribution in [0.4, 0.5) is 0 Å². The Labute approximate surface area is 191 Å². The van der Waals surface area contributed by atoms with Gasteiger partial charge in [0.1, 0.15) is 11.5 Å². The van der Waals surface area contributed by atoms with Gasteiger partial charge in [0.2, 0.25) is 0 Å². The van der Waals surface area contributed by atoms with E-state index >= 15 is 0 Å². The minimum absolute atomic E-state index is 0.329. The minimum atomic E-state index is -0.528. The van der Waals surface area contributed by atoms with Crippen molar-refractivity contribution in [1.29, 1.82) is 0 Å². The lowest BCUT2D eigenvalue weighted by Gasteiger charge is -2.09. The number of hydrogen-bond donors (Lipinski definition) is 1. The monoisotopic (exact) mass is 448 g/mol. The van der Waals surface area contributed by atoms with Crippen LogP contribution in [0.5, 0.6) is 23.0 Å². The number of ether oxygens (including phenoxy) is 4. The summed E-state index contributed by atoms with van der Waals surface area (Å²) in [5.41, 5.74) is 3.98. The third-order valence-electron chi connectivity index (χ3n) is 4.52. The average molecular weight is 448 g/mol. The molecular weight excluding hydrogens is 424 g/mol. The van der Waals surface area contributed by atoms with Gasteiger partial charge in [-0.3, -0.25) is 4.79 Å². The van der Waals surface area contributed by atoms with Gasteiger partial charge >= 0.3 is 5.97 Å². The zero-order chi connectivity index (χ0) is 23.6.